The highest BCUT2D eigenvalue weighted by Gasteiger charge is 2.24. The molecule has 0 aromatic carbocycles. The molecule has 0 saturated carbocycles. The summed E-state index contributed by atoms with van der Waals surface area (Å²) in [4.78, 5) is 0. The Bertz CT molecular complexity index is 738. The molecule has 0 radical (unpaired) electrons. The second-order valence-corrected chi connectivity index (χ2v) is 20.2. The van der Waals surface area contributed by atoms with Crippen LogP contribution in [0.4, 0.5) is 0 Å². The largest absolute Gasteiger partial charge is 0.118 e. The number of rotatable bonds is 0. The van der Waals surface area contributed by atoms with Crippen LogP contribution in [0.25, 0.3) is 0 Å². The van der Waals surface area contributed by atoms with Gasteiger partial charge in [-0.2, -0.15) is 0 Å². The van der Waals surface area contributed by atoms with E-state index in [1.807, 2.05) is 141 Å². The van der Waals surface area contributed by atoms with Crippen molar-refractivity contribution in [3.05, 3.63) is 55.5 Å². The van der Waals surface area contributed by atoms with Crippen molar-refractivity contribution < 1.29 is 0 Å². The van der Waals surface area contributed by atoms with Crippen LogP contribution in [0.1, 0.15) is 12.8 Å². The van der Waals surface area contributed by atoms with Crippen LogP contribution in [0, 0.1) is 0 Å². The van der Waals surface area contributed by atoms with E-state index >= 15 is 0 Å². The lowest BCUT2D eigenvalue weighted by Crippen LogP contribution is -1.83. The summed E-state index contributed by atoms with van der Waals surface area (Å²) >= 11 is 23.7. The van der Waals surface area contributed by atoms with Gasteiger partial charge in [-0.3, -0.25) is 0 Å². The molecule has 0 saturated heterocycles. The maximum atomic E-state index is 2.35. The monoisotopic (exact) mass is 616 g/mol. The quantitative estimate of drug-likeness (QED) is 0.254. The molecule has 0 N–H and O–H groups in total. The highest BCUT2D eigenvalue weighted by Crippen LogP contribution is 2.60. The Morgan fingerprint density at radius 1 is 0.400 bits per heavy atom. The Balaban J connectivity index is 1.19. The van der Waals surface area contributed by atoms with Crippen molar-refractivity contribution in [1.82, 2.24) is 0 Å². The van der Waals surface area contributed by atoms with Gasteiger partial charge >= 0.3 is 0 Å². The molecular weight excluding hydrogens is 601 g/mol. The predicted octanol–water partition coefficient (Wildman–Crippen LogP) is 11.1. The van der Waals surface area contributed by atoms with Gasteiger partial charge in [-0.15, -0.1) is 47.0 Å². The molecule has 12 heteroatoms. The van der Waals surface area contributed by atoms with Crippen molar-refractivity contribution >= 4 is 141 Å². The average Bonchev–Trinajstić information content (AvgIpc) is 3.53. The summed E-state index contributed by atoms with van der Waals surface area (Å²) < 4.78 is 11.8. The van der Waals surface area contributed by atoms with Crippen LogP contribution in [0.2, 0.25) is 0 Å². The van der Waals surface area contributed by atoms with Gasteiger partial charge in [-0.1, -0.05) is 94.1 Å². The Morgan fingerprint density at radius 2 is 0.667 bits per heavy atom. The minimum atomic E-state index is 1.21. The van der Waals surface area contributed by atoms with Crippen LogP contribution in [0.3, 0.4) is 0 Å². The van der Waals surface area contributed by atoms with Gasteiger partial charge in [0.05, 0.1) is 33.9 Å². The lowest BCUT2D eigenvalue weighted by molar-refractivity contribution is 1.13. The highest BCUT2D eigenvalue weighted by molar-refractivity contribution is 8.41. The van der Waals surface area contributed by atoms with E-state index in [0.29, 0.717) is 0 Å². The third kappa shape index (κ3) is 6.86. The van der Waals surface area contributed by atoms with Gasteiger partial charge in [0.2, 0.25) is 0 Å². The van der Waals surface area contributed by atoms with Crippen molar-refractivity contribution in [3.8, 4) is 0 Å². The van der Waals surface area contributed by atoms with E-state index in [0.717, 1.165) is 0 Å². The summed E-state index contributed by atoms with van der Waals surface area (Å²) in [6.07, 6.45) is 2.52. The molecule has 5 aliphatic heterocycles. The molecule has 0 unspecified atom stereocenters. The molecule has 5 aliphatic rings. The van der Waals surface area contributed by atoms with Gasteiger partial charge in [-0.05, 0) is 57.5 Å². The lowest BCUT2D eigenvalue weighted by Gasteiger charge is -2.06. The summed E-state index contributed by atoms with van der Waals surface area (Å²) in [5, 5.41) is 9.42. The molecule has 0 aliphatic carbocycles. The first-order valence-corrected chi connectivity index (χ1v) is 19.7. The third-order valence-electron chi connectivity index (χ3n) is 3.71. The smallest absolute Gasteiger partial charge is 0.0706 e. The molecule has 0 amide bonds. The summed E-state index contributed by atoms with van der Waals surface area (Å²) in [7, 11) is 0. The van der Waals surface area contributed by atoms with Crippen LogP contribution in [0.5, 0.6) is 0 Å². The first-order valence-electron chi connectivity index (χ1n) is 9.02. The topological polar surface area (TPSA) is 0 Å². The molecule has 0 atom stereocenters. The van der Waals surface area contributed by atoms with Crippen molar-refractivity contribution in [1.29, 1.82) is 0 Å². The normalized spacial score (nSPS) is 30.9. The molecule has 0 spiro atoms. The van der Waals surface area contributed by atoms with Gasteiger partial charge < -0.3 is 0 Å². The van der Waals surface area contributed by atoms with Crippen molar-refractivity contribution in [2.24, 2.45) is 0 Å². The van der Waals surface area contributed by atoms with Crippen molar-refractivity contribution in [2.75, 3.05) is 23.0 Å². The van der Waals surface area contributed by atoms with Gasteiger partial charge in [0, 0.05) is 0 Å². The zero-order chi connectivity index (χ0) is 20.2. The summed E-state index contributed by atoms with van der Waals surface area (Å²) in [5.41, 5.74) is 0. The standard InChI is InChI=1S/C18H16S12/c1-3-19-11-7-23-15(27-11)17-25-9-13(29-17)21-5-2-6-22-14-10-26-18(30-14)16-24-8-12(28-16)20-4-1/h7-10H,1-6H2/b17-15-,18-16-. The summed E-state index contributed by atoms with van der Waals surface area (Å²) in [6.45, 7) is 0. The fourth-order valence-corrected chi connectivity index (χ4v) is 18.1. The summed E-state index contributed by atoms with van der Waals surface area (Å²) in [5.74, 6) is 4.85. The molecular formula is C18H16S12. The average molecular weight is 617 g/mol. The SMILES string of the molecule is C1=C2SCCCSC3=CS/C(=C4\SC=C(SCCCSC5=CS/C(=C(\S1)S2)S5)S4)S3. The molecule has 0 aromatic heterocycles. The Morgan fingerprint density at radius 3 is 0.933 bits per heavy atom. The fraction of sp³-hybridized carbons (Fsp3) is 0.333. The van der Waals surface area contributed by atoms with E-state index in [1.165, 1.54) is 69.8 Å². The van der Waals surface area contributed by atoms with E-state index in [2.05, 4.69) is 21.6 Å². The number of hydrogen-bond donors (Lipinski definition) is 0. The Kier molecular flexibility index (Phi) is 10.2. The molecule has 160 valence electrons. The second-order valence-electron chi connectivity index (χ2n) is 5.88. The third-order valence-corrected chi connectivity index (χ3v) is 20.0. The van der Waals surface area contributed by atoms with Crippen LogP contribution in [-0.2, 0) is 0 Å². The van der Waals surface area contributed by atoms with Crippen molar-refractivity contribution in [2.45, 2.75) is 12.8 Å². The lowest BCUT2D eigenvalue weighted by atomic mass is 10.6. The van der Waals surface area contributed by atoms with Crippen LogP contribution in [-0.4, -0.2) is 23.0 Å². The molecule has 0 fully saturated rings. The van der Waals surface area contributed by atoms with E-state index < -0.39 is 0 Å². The van der Waals surface area contributed by atoms with E-state index in [-0.39, 0.29) is 0 Å². The zero-order valence-corrected chi connectivity index (χ0v) is 25.2. The number of fused-ring (bicyclic) bond motifs is 8. The number of thioether (sulfide) groups is 12. The minimum absolute atomic E-state index is 1.21. The van der Waals surface area contributed by atoms with E-state index in [1.54, 1.807) is 0 Å². The Labute approximate surface area is 229 Å². The number of hydrogen-bond acceptors (Lipinski definition) is 12. The van der Waals surface area contributed by atoms with Crippen LogP contribution in [0.15, 0.2) is 55.5 Å². The maximum absolute atomic E-state index is 2.35. The van der Waals surface area contributed by atoms with Gasteiger partial charge in [0.1, 0.15) is 0 Å². The van der Waals surface area contributed by atoms with E-state index in [4.69, 9.17) is 0 Å². The van der Waals surface area contributed by atoms with Crippen LogP contribution >= 0.6 is 141 Å². The molecule has 5 rings (SSSR count). The van der Waals surface area contributed by atoms with Gasteiger partial charge in [0.15, 0.2) is 0 Å². The first-order chi connectivity index (χ1) is 14.8. The second kappa shape index (κ2) is 12.6. The maximum Gasteiger partial charge on any atom is 0.0706 e. The van der Waals surface area contributed by atoms with E-state index in [9.17, 15) is 0 Å². The van der Waals surface area contributed by atoms with Gasteiger partial charge in [-0.25, -0.2) is 0 Å². The first kappa shape index (κ1) is 24.3. The zero-order valence-electron chi connectivity index (χ0n) is 15.5. The fourth-order valence-electron chi connectivity index (χ4n) is 2.39. The summed E-state index contributed by atoms with van der Waals surface area (Å²) in [6, 6.07) is 0. The Hall–Kier alpha value is 2.64. The molecule has 8 bridgehead atoms. The van der Waals surface area contributed by atoms with Crippen molar-refractivity contribution in [3.63, 3.8) is 0 Å². The molecule has 0 nitrogen and oxygen atoms in total. The highest BCUT2D eigenvalue weighted by atomic mass is 32.3. The van der Waals surface area contributed by atoms with Crippen LogP contribution < -0.4 is 0 Å². The van der Waals surface area contributed by atoms with Gasteiger partial charge in [0.25, 0.3) is 0 Å². The predicted molar refractivity (Wildman–Crippen MR) is 166 cm³/mol. The minimum Gasteiger partial charge on any atom is -0.118 e. The molecule has 0 aromatic rings. The molecule has 30 heavy (non-hydrogen) atoms. The molecule has 5 heterocycles.